The number of hydrogen-bond acceptors (Lipinski definition) is 3. The molecule has 1 heterocycles. The van der Waals surface area contributed by atoms with Gasteiger partial charge < -0.3 is 15.5 Å². The minimum atomic E-state index is 0. The lowest BCUT2D eigenvalue weighted by Crippen LogP contribution is -2.41. The Labute approximate surface area is 138 Å². The average Bonchev–Trinajstić information content (AvgIpc) is 3.13. The van der Waals surface area contributed by atoms with E-state index in [-0.39, 0.29) is 24.0 Å². The van der Waals surface area contributed by atoms with Crippen LogP contribution in [0.25, 0.3) is 0 Å². The van der Waals surface area contributed by atoms with Crippen LogP contribution in [-0.4, -0.2) is 62.1 Å². The first-order valence-corrected chi connectivity index (χ1v) is 8.40. The van der Waals surface area contributed by atoms with Gasteiger partial charge in [0.25, 0.3) is 0 Å². The minimum absolute atomic E-state index is 0. The number of nitrogens with one attached hydrogen (secondary N) is 2. The zero-order valence-corrected chi connectivity index (χ0v) is 15.2. The van der Waals surface area contributed by atoms with Crippen molar-refractivity contribution in [3.05, 3.63) is 0 Å². The van der Waals surface area contributed by atoms with Crippen molar-refractivity contribution < 1.29 is 0 Å². The van der Waals surface area contributed by atoms with E-state index < -0.39 is 0 Å². The van der Waals surface area contributed by atoms with Crippen LogP contribution in [0.3, 0.4) is 0 Å². The average molecular weight is 398 g/mol. The maximum atomic E-state index is 4.26. The predicted octanol–water partition coefficient (Wildman–Crippen LogP) is 1.62. The highest BCUT2D eigenvalue weighted by Crippen LogP contribution is 2.31. The lowest BCUT2D eigenvalue weighted by molar-refractivity contribution is 0.314. The molecule has 1 atom stereocenters. The van der Waals surface area contributed by atoms with Crippen molar-refractivity contribution in [1.29, 1.82) is 0 Å². The number of nitrogens with zero attached hydrogens (tertiary/aromatic N) is 2. The van der Waals surface area contributed by atoms with Gasteiger partial charge >= 0.3 is 0 Å². The molecule has 0 bridgehead atoms. The summed E-state index contributed by atoms with van der Waals surface area (Å²) >= 11 is 1.86. The van der Waals surface area contributed by atoms with E-state index in [9.17, 15) is 0 Å². The van der Waals surface area contributed by atoms with Crippen molar-refractivity contribution in [2.75, 3.05) is 45.2 Å². The second-order valence-corrected chi connectivity index (χ2v) is 6.24. The summed E-state index contributed by atoms with van der Waals surface area (Å²) in [5.41, 5.74) is 0. The van der Waals surface area contributed by atoms with Crippen LogP contribution in [0.15, 0.2) is 4.99 Å². The number of thioether (sulfide) groups is 1. The number of guanidine groups is 1. The van der Waals surface area contributed by atoms with E-state index in [0.29, 0.717) is 0 Å². The molecule has 2 N–H and O–H groups in total. The fourth-order valence-electron chi connectivity index (χ4n) is 2.53. The van der Waals surface area contributed by atoms with E-state index >= 15 is 0 Å². The third-order valence-corrected chi connectivity index (χ3v) is 4.37. The van der Waals surface area contributed by atoms with Crippen LogP contribution in [0.2, 0.25) is 0 Å². The van der Waals surface area contributed by atoms with Gasteiger partial charge in [0.15, 0.2) is 5.96 Å². The Balaban J connectivity index is 0.00000180. The maximum absolute atomic E-state index is 4.26. The Morgan fingerprint density at radius 2 is 2.11 bits per heavy atom. The van der Waals surface area contributed by atoms with E-state index in [4.69, 9.17) is 0 Å². The summed E-state index contributed by atoms with van der Waals surface area (Å²) in [6.07, 6.45) is 6.32. The standard InChI is InChI=1S/C13H26N4S.HI/c1-14-13(15-6-8-18-2)16-9-11-5-7-17(10-11)12-3-4-12;/h11-12H,3-10H2,1-2H3,(H2,14,15,16);1H. The zero-order valence-electron chi connectivity index (χ0n) is 12.0. The Morgan fingerprint density at radius 3 is 2.74 bits per heavy atom. The van der Waals surface area contributed by atoms with Gasteiger partial charge in [-0.05, 0) is 38.0 Å². The van der Waals surface area contributed by atoms with Gasteiger partial charge in [0.1, 0.15) is 0 Å². The largest absolute Gasteiger partial charge is 0.356 e. The molecule has 2 rings (SSSR count). The van der Waals surface area contributed by atoms with Crippen molar-refractivity contribution in [2.24, 2.45) is 10.9 Å². The van der Waals surface area contributed by atoms with Crippen molar-refractivity contribution in [3.8, 4) is 0 Å². The molecule has 112 valence electrons. The fourth-order valence-corrected chi connectivity index (χ4v) is 2.84. The second-order valence-electron chi connectivity index (χ2n) is 5.25. The third kappa shape index (κ3) is 6.08. The highest BCUT2D eigenvalue weighted by atomic mass is 127. The van der Waals surface area contributed by atoms with E-state index in [2.05, 4.69) is 26.8 Å². The van der Waals surface area contributed by atoms with Gasteiger partial charge in [-0.3, -0.25) is 4.99 Å². The Kier molecular flexibility index (Phi) is 8.48. The molecule has 6 heteroatoms. The van der Waals surface area contributed by atoms with Gasteiger partial charge in [0.05, 0.1) is 0 Å². The predicted molar refractivity (Wildman–Crippen MR) is 95.9 cm³/mol. The van der Waals surface area contributed by atoms with Gasteiger partial charge in [0.2, 0.25) is 0 Å². The molecule has 0 amide bonds. The van der Waals surface area contributed by atoms with Crippen LogP contribution in [0.4, 0.5) is 0 Å². The van der Waals surface area contributed by atoms with Gasteiger partial charge in [-0.2, -0.15) is 11.8 Å². The molecule has 2 fully saturated rings. The first kappa shape index (κ1) is 17.4. The van der Waals surface area contributed by atoms with E-state index in [0.717, 1.165) is 36.8 Å². The zero-order chi connectivity index (χ0) is 12.8. The molecule has 0 aromatic heterocycles. The number of likely N-dealkylation sites (tertiary alicyclic amines) is 1. The van der Waals surface area contributed by atoms with Gasteiger partial charge in [0, 0.05) is 38.5 Å². The molecule has 2 aliphatic rings. The van der Waals surface area contributed by atoms with E-state index in [1.165, 1.54) is 32.4 Å². The molecule has 1 aliphatic carbocycles. The smallest absolute Gasteiger partial charge is 0.191 e. The van der Waals surface area contributed by atoms with Crippen LogP contribution < -0.4 is 10.6 Å². The lowest BCUT2D eigenvalue weighted by atomic mass is 10.1. The molecule has 0 aromatic rings. The Hall–Kier alpha value is 0.310. The van der Waals surface area contributed by atoms with Crippen molar-refractivity contribution in [3.63, 3.8) is 0 Å². The van der Waals surface area contributed by atoms with Crippen LogP contribution in [-0.2, 0) is 0 Å². The van der Waals surface area contributed by atoms with Crippen molar-refractivity contribution in [2.45, 2.75) is 25.3 Å². The summed E-state index contributed by atoms with van der Waals surface area (Å²) in [7, 11) is 1.85. The number of aliphatic imine (C=N–C) groups is 1. The third-order valence-electron chi connectivity index (χ3n) is 3.76. The second kappa shape index (κ2) is 9.28. The fraction of sp³-hybridized carbons (Fsp3) is 0.923. The maximum Gasteiger partial charge on any atom is 0.191 e. The topological polar surface area (TPSA) is 39.7 Å². The summed E-state index contributed by atoms with van der Waals surface area (Å²) in [6, 6.07) is 0.925. The monoisotopic (exact) mass is 398 g/mol. The number of rotatable bonds is 6. The molecule has 1 aliphatic heterocycles. The molecule has 0 radical (unpaired) electrons. The number of hydrogen-bond donors (Lipinski definition) is 2. The summed E-state index contributed by atoms with van der Waals surface area (Å²) in [5.74, 6) is 2.87. The molecular formula is C13H27IN4S. The van der Waals surface area contributed by atoms with E-state index in [1.54, 1.807) is 0 Å². The van der Waals surface area contributed by atoms with Gasteiger partial charge in [-0.15, -0.1) is 24.0 Å². The molecule has 4 nitrogen and oxygen atoms in total. The highest BCUT2D eigenvalue weighted by Gasteiger charge is 2.34. The normalized spacial score (nSPS) is 24.1. The molecule has 1 unspecified atom stereocenters. The summed E-state index contributed by atoms with van der Waals surface area (Å²) in [4.78, 5) is 6.92. The lowest BCUT2D eigenvalue weighted by Gasteiger charge is -2.16. The van der Waals surface area contributed by atoms with Gasteiger partial charge in [-0.1, -0.05) is 0 Å². The highest BCUT2D eigenvalue weighted by molar-refractivity contribution is 14.0. The summed E-state index contributed by atoms with van der Waals surface area (Å²) < 4.78 is 0. The van der Waals surface area contributed by atoms with Crippen LogP contribution in [0.5, 0.6) is 0 Å². The summed E-state index contributed by atoms with van der Waals surface area (Å²) in [5, 5.41) is 6.80. The van der Waals surface area contributed by atoms with Crippen LogP contribution in [0, 0.1) is 5.92 Å². The van der Waals surface area contributed by atoms with Gasteiger partial charge in [-0.25, -0.2) is 0 Å². The molecule has 0 spiro atoms. The van der Waals surface area contributed by atoms with Crippen LogP contribution >= 0.6 is 35.7 Å². The quantitative estimate of drug-likeness (QED) is 0.309. The molecule has 19 heavy (non-hydrogen) atoms. The Bertz CT molecular complexity index is 284. The molecule has 1 saturated heterocycles. The molecule has 1 saturated carbocycles. The first-order chi connectivity index (χ1) is 8.83. The SMILES string of the molecule is CN=C(NCCSC)NCC1CCN(C2CC2)C1.I. The number of halogens is 1. The Morgan fingerprint density at radius 1 is 1.32 bits per heavy atom. The minimum Gasteiger partial charge on any atom is -0.356 e. The first-order valence-electron chi connectivity index (χ1n) is 7.01. The van der Waals surface area contributed by atoms with Crippen molar-refractivity contribution in [1.82, 2.24) is 15.5 Å². The summed E-state index contributed by atoms with van der Waals surface area (Å²) in [6.45, 7) is 4.62. The molecule has 0 aromatic carbocycles. The van der Waals surface area contributed by atoms with Crippen molar-refractivity contribution >= 4 is 41.7 Å². The van der Waals surface area contributed by atoms with Crippen LogP contribution in [0.1, 0.15) is 19.3 Å². The van der Waals surface area contributed by atoms with E-state index in [1.807, 2.05) is 18.8 Å². The molecular weight excluding hydrogens is 371 g/mol.